The van der Waals surface area contributed by atoms with Crippen molar-refractivity contribution in [2.75, 3.05) is 4.72 Å². The maximum absolute atomic E-state index is 12.1. The molecule has 102 valence electrons. The SMILES string of the molecule is O=c1ccc(S(=O)(=O)Nc2nc3ccccc3[nH]2)c[nH]1. The summed E-state index contributed by atoms with van der Waals surface area (Å²) in [6, 6.07) is 9.56. The second-order valence-electron chi connectivity index (χ2n) is 4.10. The first-order valence-electron chi connectivity index (χ1n) is 5.71. The van der Waals surface area contributed by atoms with Crippen LogP contribution in [0.5, 0.6) is 0 Å². The Morgan fingerprint density at radius 1 is 1.10 bits per heavy atom. The van der Waals surface area contributed by atoms with Gasteiger partial charge in [-0.3, -0.25) is 4.79 Å². The summed E-state index contributed by atoms with van der Waals surface area (Å²) in [4.78, 5) is 20.2. The number of pyridine rings is 1. The summed E-state index contributed by atoms with van der Waals surface area (Å²) in [5.41, 5.74) is 1.02. The van der Waals surface area contributed by atoms with Gasteiger partial charge in [0.1, 0.15) is 4.90 Å². The van der Waals surface area contributed by atoms with E-state index in [1.807, 2.05) is 12.1 Å². The Morgan fingerprint density at radius 3 is 2.60 bits per heavy atom. The molecule has 0 saturated heterocycles. The summed E-state index contributed by atoms with van der Waals surface area (Å²) < 4.78 is 26.5. The number of aromatic nitrogens is 3. The van der Waals surface area contributed by atoms with E-state index in [4.69, 9.17) is 0 Å². The van der Waals surface area contributed by atoms with E-state index in [1.54, 1.807) is 12.1 Å². The molecule has 1 aromatic carbocycles. The van der Waals surface area contributed by atoms with Crippen LogP contribution in [0.25, 0.3) is 11.0 Å². The van der Waals surface area contributed by atoms with Gasteiger partial charge in [0.15, 0.2) is 0 Å². The van der Waals surface area contributed by atoms with Gasteiger partial charge in [0, 0.05) is 12.3 Å². The average molecular weight is 290 g/mol. The van der Waals surface area contributed by atoms with Crippen molar-refractivity contribution in [3.8, 4) is 0 Å². The Balaban J connectivity index is 1.96. The minimum absolute atomic E-state index is 0.0439. The van der Waals surface area contributed by atoms with Gasteiger partial charge in [0.05, 0.1) is 11.0 Å². The van der Waals surface area contributed by atoms with Crippen molar-refractivity contribution in [2.24, 2.45) is 0 Å². The minimum Gasteiger partial charge on any atom is -0.328 e. The molecule has 0 radical (unpaired) electrons. The highest BCUT2D eigenvalue weighted by molar-refractivity contribution is 7.92. The number of imidazole rings is 1. The number of aromatic amines is 2. The fourth-order valence-corrected chi connectivity index (χ4v) is 2.68. The zero-order valence-corrected chi connectivity index (χ0v) is 10.9. The van der Waals surface area contributed by atoms with E-state index in [1.165, 1.54) is 6.07 Å². The van der Waals surface area contributed by atoms with Crippen molar-refractivity contribution >= 4 is 27.0 Å². The number of fused-ring (bicyclic) bond motifs is 1. The molecule has 0 aliphatic rings. The standard InChI is InChI=1S/C12H10N4O3S/c17-11-6-5-8(7-13-11)20(18,19)16-12-14-9-3-1-2-4-10(9)15-12/h1-7H,(H,13,17)(H2,14,15,16). The Bertz CT molecular complexity index is 874. The van der Waals surface area contributed by atoms with Gasteiger partial charge in [0.2, 0.25) is 11.5 Å². The maximum atomic E-state index is 12.1. The third-order valence-electron chi connectivity index (χ3n) is 2.69. The number of sulfonamides is 1. The van der Waals surface area contributed by atoms with Crippen LogP contribution < -0.4 is 10.3 Å². The molecule has 0 unspecified atom stereocenters. The Hall–Kier alpha value is -2.61. The number of nitrogens with one attached hydrogen (secondary N) is 3. The lowest BCUT2D eigenvalue weighted by atomic mass is 10.3. The predicted molar refractivity (Wildman–Crippen MR) is 74.0 cm³/mol. The summed E-state index contributed by atoms with van der Waals surface area (Å²) in [6.07, 6.45) is 1.13. The van der Waals surface area contributed by atoms with Gasteiger partial charge in [-0.1, -0.05) is 12.1 Å². The van der Waals surface area contributed by atoms with E-state index in [2.05, 4.69) is 19.7 Å². The molecule has 2 aromatic heterocycles. The number of para-hydroxylation sites is 2. The van der Waals surface area contributed by atoms with Gasteiger partial charge in [-0.15, -0.1) is 0 Å². The first-order valence-corrected chi connectivity index (χ1v) is 7.19. The molecule has 0 aliphatic carbocycles. The van der Waals surface area contributed by atoms with E-state index in [-0.39, 0.29) is 16.4 Å². The number of hydrogen-bond donors (Lipinski definition) is 3. The second kappa shape index (κ2) is 4.49. The van der Waals surface area contributed by atoms with Crippen LogP contribution in [0, 0.1) is 0 Å². The summed E-state index contributed by atoms with van der Waals surface area (Å²) >= 11 is 0. The lowest BCUT2D eigenvalue weighted by Crippen LogP contribution is -2.15. The summed E-state index contributed by atoms with van der Waals surface area (Å²) in [5, 5.41) is 0. The first-order chi connectivity index (χ1) is 9.54. The van der Waals surface area contributed by atoms with Gasteiger partial charge in [-0.2, -0.15) is 0 Å². The van der Waals surface area contributed by atoms with E-state index in [9.17, 15) is 13.2 Å². The molecule has 0 atom stereocenters. The van der Waals surface area contributed by atoms with Crippen LogP contribution in [0.2, 0.25) is 0 Å². The first kappa shape index (κ1) is 12.4. The van der Waals surface area contributed by atoms with Gasteiger partial charge in [0.25, 0.3) is 10.0 Å². The highest BCUT2D eigenvalue weighted by atomic mass is 32.2. The Morgan fingerprint density at radius 2 is 1.90 bits per heavy atom. The average Bonchev–Trinajstić information content (AvgIpc) is 2.80. The third-order valence-corrected chi connectivity index (χ3v) is 4.02. The molecule has 0 bridgehead atoms. The topological polar surface area (TPSA) is 108 Å². The normalized spacial score (nSPS) is 11.6. The summed E-state index contributed by atoms with van der Waals surface area (Å²) in [7, 11) is -3.79. The van der Waals surface area contributed by atoms with Crippen LogP contribution in [0.4, 0.5) is 5.95 Å². The summed E-state index contributed by atoms with van der Waals surface area (Å²) in [6.45, 7) is 0. The Labute approximate surface area is 113 Å². The van der Waals surface area contributed by atoms with Crippen molar-refractivity contribution in [2.45, 2.75) is 4.90 Å². The van der Waals surface area contributed by atoms with Crippen LogP contribution in [0.1, 0.15) is 0 Å². The van der Waals surface area contributed by atoms with Crippen molar-refractivity contribution < 1.29 is 8.42 Å². The molecule has 0 amide bonds. The monoisotopic (exact) mass is 290 g/mol. The van der Waals surface area contributed by atoms with Gasteiger partial charge in [-0.25, -0.2) is 18.1 Å². The predicted octanol–water partition coefficient (Wildman–Crippen LogP) is 1.05. The fourth-order valence-electron chi connectivity index (χ4n) is 1.75. The van der Waals surface area contributed by atoms with Crippen LogP contribution in [-0.2, 0) is 10.0 Å². The van der Waals surface area contributed by atoms with Crippen molar-refractivity contribution in [3.05, 3.63) is 52.9 Å². The molecule has 2 heterocycles. The number of benzene rings is 1. The molecular formula is C12H10N4O3S. The number of nitrogens with zero attached hydrogens (tertiary/aromatic N) is 1. The van der Waals surface area contributed by atoms with Crippen LogP contribution in [0.15, 0.2) is 52.3 Å². The molecule has 3 N–H and O–H groups in total. The van der Waals surface area contributed by atoms with E-state index in [0.717, 1.165) is 17.8 Å². The molecule has 8 heteroatoms. The third kappa shape index (κ3) is 2.28. The quantitative estimate of drug-likeness (QED) is 0.670. The van der Waals surface area contributed by atoms with Crippen molar-refractivity contribution in [3.63, 3.8) is 0 Å². The molecule has 0 aliphatic heterocycles. The van der Waals surface area contributed by atoms with E-state index >= 15 is 0 Å². The number of rotatable bonds is 3. The number of H-pyrrole nitrogens is 2. The van der Waals surface area contributed by atoms with E-state index in [0.29, 0.717) is 5.52 Å². The highest BCUT2D eigenvalue weighted by Gasteiger charge is 2.16. The lowest BCUT2D eigenvalue weighted by molar-refractivity contribution is 0.600. The second-order valence-corrected chi connectivity index (χ2v) is 5.78. The number of hydrogen-bond acceptors (Lipinski definition) is 4. The van der Waals surface area contributed by atoms with Crippen molar-refractivity contribution in [1.82, 2.24) is 15.0 Å². The van der Waals surface area contributed by atoms with Gasteiger partial charge >= 0.3 is 0 Å². The Kier molecular flexibility index (Phi) is 2.79. The molecular weight excluding hydrogens is 280 g/mol. The molecule has 3 aromatic rings. The maximum Gasteiger partial charge on any atom is 0.265 e. The fraction of sp³-hybridized carbons (Fsp3) is 0. The molecule has 20 heavy (non-hydrogen) atoms. The molecule has 7 nitrogen and oxygen atoms in total. The summed E-state index contributed by atoms with van der Waals surface area (Å²) in [5.74, 6) is 0.123. The largest absolute Gasteiger partial charge is 0.328 e. The molecule has 0 saturated carbocycles. The highest BCUT2D eigenvalue weighted by Crippen LogP contribution is 2.16. The van der Waals surface area contributed by atoms with Crippen LogP contribution in [-0.4, -0.2) is 23.4 Å². The van der Waals surface area contributed by atoms with E-state index < -0.39 is 10.0 Å². The zero-order chi connectivity index (χ0) is 14.2. The van der Waals surface area contributed by atoms with Gasteiger partial charge < -0.3 is 9.97 Å². The van der Waals surface area contributed by atoms with Crippen LogP contribution >= 0.6 is 0 Å². The van der Waals surface area contributed by atoms with Gasteiger partial charge in [-0.05, 0) is 18.2 Å². The van der Waals surface area contributed by atoms with Crippen molar-refractivity contribution in [1.29, 1.82) is 0 Å². The number of anilines is 1. The molecule has 0 fully saturated rings. The van der Waals surface area contributed by atoms with Crippen LogP contribution in [0.3, 0.4) is 0 Å². The lowest BCUT2D eigenvalue weighted by Gasteiger charge is -2.04. The zero-order valence-electron chi connectivity index (χ0n) is 10.1. The minimum atomic E-state index is -3.79. The molecule has 3 rings (SSSR count). The molecule has 0 spiro atoms. The smallest absolute Gasteiger partial charge is 0.265 e.